The number of aromatic hydroxyl groups is 1. The normalized spacial score (nSPS) is 10.2. The molecule has 1 amide bonds. The molecule has 110 valence electrons. The number of phenolic OH excluding ortho intramolecular Hbond substituents is 1. The molecular weight excluding hydrogens is 268 g/mol. The van der Waals surface area contributed by atoms with Crippen LogP contribution in [0.1, 0.15) is 12.0 Å². The standard InChI is InChI=1S/C16H18N2O3/c1-18(13-8-9-15(21-2)17-11-13)16(20)10-7-12-5-3-4-6-14(12)19/h3-6,8-9,11,19H,7,10H2,1-2H3. The van der Waals surface area contributed by atoms with Gasteiger partial charge < -0.3 is 14.7 Å². The largest absolute Gasteiger partial charge is 0.508 e. The van der Waals surface area contributed by atoms with E-state index in [-0.39, 0.29) is 11.7 Å². The van der Waals surface area contributed by atoms with Crippen molar-refractivity contribution in [3.8, 4) is 11.6 Å². The van der Waals surface area contributed by atoms with E-state index < -0.39 is 0 Å². The minimum absolute atomic E-state index is 0.0368. The van der Waals surface area contributed by atoms with Crippen molar-refractivity contribution in [1.82, 2.24) is 4.98 Å². The lowest BCUT2D eigenvalue weighted by Gasteiger charge is -2.17. The Bertz CT molecular complexity index is 611. The molecule has 0 unspecified atom stereocenters. The summed E-state index contributed by atoms with van der Waals surface area (Å²) >= 11 is 0. The fraction of sp³-hybridized carbons (Fsp3) is 0.250. The van der Waals surface area contributed by atoms with Crippen LogP contribution in [0.25, 0.3) is 0 Å². The van der Waals surface area contributed by atoms with Crippen LogP contribution in [0.4, 0.5) is 5.69 Å². The lowest BCUT2D eigenvalue weighted by Crippen LogP contribution is -2.26. The van der Waals surface area contributed by atoms with E-state index in [0.29, 0.717) is 24.4 Å². The van der Waals surface area contributed by atoms with Crippen LogP contribution in [-0.4, -0.2) is 30.2 Å². The maximum atomic E-state index is 12.2. The van der Waals surface area contributed by atoms with E-state index in [1.54, 1.807) is 49.5 Å². The maximum absolute atomic E-state index is 12.2. The Hall–Kier alpha value is -2.56. The van der Waals surface area contributed by atoms with E-state index >= 15 is 0 Å². The molecule has 1 aromatic carbocycles. The first-order chi connectivity index (χ1) is 10.1. The van der Waals surface area contributed by atoms with Crippen LogP contribution in [0.2, 0.25) is 0 Å². The van der Waals surface area contributed by atoms with Crippen molar-refractivity contribution in [3.05, 3.63) is 48.2 Å². The van der Waals surface area contributed by atoms with Gasteiger partial charge in [-0.25, -0.2) is 4.98 Å². The van der Waals surface area contributed by atoms with Crippen molar-refractivity contribution in [2.24, 2.45) is 0 Å². The second-order valence-corrected chi connectivity index (χ2v) is 4.64. The van der Waals surface area contributed by atoms with Gasteiger partial charge in [0.25, 0.3) is 0 Å². The highest BCUT2D eigenvalue weighted by Gasteiger charge is 2.12. The summed E-state index contributed by atoms with van der Waals surface area (Å²) in [5.41, 5.74) is 1.48. The molecule has 21 heavy (non-hydrogen) atoms. The number of carbonyl (C=O) groups is 1. The van der Waals surface area contributed by atoms with Crippen LogP contribution in [0.3, 0.4) is 0 Å². The van der Waals surface area contributed by atoms with Crippen LogP contribution < -0.4 is 9.64 Å². The number of hydrogen-bond donors (Lipinski definition) is 1. The molecule has 0 aliphatic rings. The average Bonchev–Trinajstić information content (AvgIpc) is 2.53. The number of pyridine rings is 1. The number of anilines is 1. The molecular formula is C16H18N2O3. The molecule has 0 aliphatic heterocycles. The molecule has 1 aromatic heterocycles. The van der Waals surface area contributed by atoms with Gasteiger partial charge in [0.15, 0.2) is 0 Å². The number of nitrogens with zero attached hydrogens (tertiary/aromatic N) is 2. The predicted octanol–water partition coefficient (Wildman–Crippen LogP) is 2.39. The van der Waals surface area contributed by atoms with Gasteiger partial charge >= 0.3 is 0 Å². The van der Waals surface area contributed by atoms with E-state index in [1.165, 1.54) is 0 Å². The number of rotatable bonds is 5. The van der Waals surface area contributed by atoms with Gasteiger partial charge in [0, 0.05) is 19.5 Å². The van der Waals surface area contributed by atoms with Crippen molar-refractivity contribution in [3.63, 3.8) is 0 Å². The summed E-state index contributed by atoms with van der Waals surface area (Å²) in [6.45, 7) is 0. The van der Waals surface area contributed by atoms with Gasteiger partial charge in [-0.15, -0.1) is 0 Å². The van der Waals surface area contributed by atoms with Gasteiger partial charge in [-0.1, -0.05) is 18.2 Å². The van der Waals surface area contributed by atoms with Crippen molar-refractivity contribution in [2.75, 3.05) is 19.1 Å². The van der Waals surface area contributed by atoms with Crippen molar-refractivity contribution < 1.29 is 14.6 Å². The second kappa shape index (κ2) is 6.74. The summed E-state index contributed by atoms with van der Waals surface area (Å²) in [6.07, 6.45) is 2.41. The number of ether oxygens (including phenoxy) is 1. The summed E-state index contributed by atoms with van der Waals surface area (Å²) < 4.78 is 4.99. The molecule has 0 aliphatic carbocycles. The Labute approximate surface area is 123 Å². The van der Waals surface area contributed by atoms with E-state index in [2.05, 4.69) is 4.98 Å². The van der Waals surface area contributed by atoms with E-state index in [0.717, 1.165) is 5.56 Å². The molecule has 0 saturated heterocycles. The van der Waals surface area contributed by atoms with Crippen molar-refractivity contribution in [1.29, 1.82) is 0 Å². The third-order valence-corrected chi connectivity index (χ3v) is 3.29. The number of phenols is 1. The van der Waals surface area contributed by atoms with Crippen LogP contribution in [-0.2, 0) is 11.2 Å². The summed E-state index contributed by atoms with van der Waals surface area (Å²) in [5, 5.41) is 9.69. The number of methoxy groups -OCH3 is 1. The fourth-order valence-corrected chi connectivity index (χ4v) is 1.97. The zero-order valence-corrected chi connectivity index (χ0v) is 12.1. The quantitative estimate of drug-likeness (QED) is 0.916. The number of hydrogen-bond acceptors (Lipinski definition) is 4. The first kappa shape index (κ1) is 14.8. The Balaban J connectivity index is 1.97. The number of aromatic nitrogens is 1. The lowest BCUT2D eigenvalue weighted by atomic mass is 10.1. The number of para-hydroxylation sites is 1. The van der Waals surface area contributed by atoms with Gasteiger partial charge in [0.1, 0.15) is 5.75 Å². The molecule has 0 saturated carbocycles. The monoisotopic (exact) mass is 286 g/mol. The molecule has 0 atom stereocenters. The van der Waals surface area contributed by atoms with Crippen molar-refractivity contribution >= 4 is 11.6 Å². The number of aryl methyl sites for hydroxylation is 1. The first-order valence-corrected chi connectivity index (χ1v) is 6.65. The van der Waals surface area contributed by atoms with Gasteiger partial charge in [0.05, 0.1) is 19.0 Å². The number of carbonyl (C=O) groups excluding carboxylic acids is 1. The Morgan fingerprint density at radius 2 is 2.05 bits per heavy atom. The highest BCUT2D eigenvalue weighted by atomic mass is 16.5. The summed E-state index contributed by atoms with van der Waals surface area (Å²) in [6, 6.07) is 10.5. The second-order valence-electron chi connectivity index (χ2n) is 4.64. The first-order valence-electron chi connectivity index (χ1n) is 6.65. The number of amides is 1. The smallest absolute Gasteiger partial charge is 0.227 e. The van der Waals surface area contributed by atoms with Gasteiger partial charge in [-0.05, 0) is 24.1 Å². The fourth-order valence-electron chi connectivity index (χ4n) is 1.97. The lowest BCUT2D eigenvalue weighted by molar-refractivity contribution is -0.118. The minimum Gasteiger partial charge on any atom is -0.508 e. The molecule has 5 nitrogen and oxygen atoms in total. The Morgan fingerprint density at radius 1 is 1.29 bits per heavy atom. The molecule has 5 heteroatoms. The van der Waals surface area contributed by atoms with Crippen LogP contribution in [0.15, 0.2) is 42.6 Å². The average molecular weight is 286 g/mol. The summed E-state index contributed by atoms with van der Waals surface area (Å²) in [5.74, 6) is 0.693. The zero-order valence-electron chi connectivity index (χ0n) is 12.1. The zero-order chi connectivity index (χ0) is 15.2. The third kappa shape index (κ3) is 3.72. The molecule has 0 bridgehead atoms. The Kier molecular flexibility index (Phi) is 4.77. The van der Waals surface area contributed by atoms with Crippen LogP contribution in [0.5, 0.6) is 11.6 Å². The molecule has 2 aromatic rings. The SMILES string of the molecule is COc1ccc(N(C)C(=O)CCc2ccccc2O)cn1. The topological polar surface area (TPSA) is 62.7 Å². The molecule has 2 rings (SSSR count). The van der Waals surface area contributed by atoms with Crippen LogP contribution >= 0.6 is 0 Å². The Morgan fingerprint density at radius 3 is 2.67 bits per heavy atom. The van der Waals surface area contributed by atoms with E-state index in [1.807, 2.05) is 12.1 Å². The van der Waals surface area contributed by atoms with Gasteiger partial charge in [0.2, 0.25) is 11.8 Å². The molecule has 0 radical (unpaired) electrons. The maximum Gasteiger partial charge on any atom is 0.227 e. The van der Waals surface area contributed by atoms with Crippen molar-refractivity contribution in [2.45, 2.75) is 12.8 Å². The minimum atomic E-state index is -0.0368. The van der Waals surface area contributed by atoms with Gasteiger partial charge in [-0.2, -0.15) is 0 Å². The highest BCUT2D eigenvalue weighted by Crippen LogP contribution is 2.19. The van der Waals surface area contributed by atoms with E-state index in [4.69, 9.17) is 4.74 Å². The van der Waals surface area contributed by atoms with E-state index in [9.17, 15) is 9.90 Å². The predicted molar refractivity (Wildman–Crippen MR) is 80.6 cm³/mol. The third-order valence-electron chi connectivity index (χ3n) is 3.29. The van der Waals surface area contributed by atoms with Crippen LogP contribution in [0, 0.1) is 0 Å². The highest BCUT2D eigenvalue weighted by molar-refractivity contribution is 5.92. The molecule has 1 heterocycles. The summed E-state index contributed by atoms with van der Waals surface area (Å²) in [4.78, 5) is 17.8. The molecule has 1 N–H and O–H groups in total. The molecule has 0 fully saturated rings. The molecule has 0 spiro atoms. The number of benzene rings is 1. The van der Waals surface area contributed by atoms with Gasteiger partial charge in [-0.3, -0.25) is 4.79 Å². The summed E-state index contributed by atoms with van der Waals surface area (Å²) in [7, 11) is 3.25.